The molecule has 4 aromatic rings. The Morgan fingerprint density at radius 2 is 1.59 bits per heavy atom. The van der Waals surface area contributed by atoms with Gasteiger partial charge in [-0.3, -0.25) is 14.5 Å². The molecule has 2 aromatic heterocycles. The molecule has 2 amide bonds. The van der Waals surface area contributed by atoms with Crippen molar-refractivity contribution < 1.29 is 14.0 Å². The van der Waals surface area contributed by atoms with Gasteiger partial charge in [0.15, 0.2) is 5.76 Å². The standard InChI is InChI=1S/C29H35N7O3/c1-19-8-13-23(14-9-19)36(25(37)18-35-32-27(31-33-35)24-17-10-20(2)39-24)26(28(38)30-29(3,4)5)21-11-15-22(16-12-21)34(6)7/h8-17,26H,18H2,1-7H3,(H,30,38)/t26-/m0/s1. The molecule has 4 rings (SSSR count). The minimum atomic E-state index is -0.939. The Kier molecular flexibility index (Phi) is 7.85. The van der Waals surface area contributed by atoms with E-state index in [1.807, 2.05) is 102 Å². The van der Waals surface area contributed by atoms with Gasteiger partial charge in [-0.2, -0.15) is 4.80 Å². The lowest BCUT2D eigenvalue weighted by Gasteiger charge is -2.34. The number of benzene rings is 2. The number of hydrogen-bond acceptors (Lipinski definition) is 7. The van der Waals surface area contributed by atoms with Crippen LogP contribution in [0.4, 0.5) is 11.4 Å². The van der Waals surface area contributed by atoms with E-state index in [1.54, 1.807) is 12.1 Å². The largest absolute Gasteiger partial charge is 0.458 e. The first-order chi connectivity index (χ1) is 18.4. The van der Waals surface area contributed by atoms with E-state index in [-0.39, 0.29) is 24.2 Å². The zero-order chi connectivity index (χ0) is 28.3. The van der Waals surface area contributed by atoms with Gasteiger partial charge < -0.3 is 14.6 Å². The van der Waals surface area contributed by atoms with E-state index < -0.39 is 11.6 Å². The highest BCUT2D eigenvalue weighted by Gasteiger charge is 2.35. The van der Waals surface area contributed by atoms with Crippen LogP contribution in [-0.2, 0) is 16.1 Å². The van der Waals surface area contributed by atoms with Gasteiger partial charge in [-0.15, -0.1) is 10.2 Å². The first-order valence-corrected chi connectivity index (χ1v) is 12.7. The summed E-state index contributed by atoms with van der Waals surface area (Å²) in [6, 6.07) is 17.7. The number of aromatic nitrogens is 4. The van der Waals surface area contributed by atoms with Gasteiger partial charge in [-0.1, -0.05) is 29.8 Å². The number of anilines is 2. The predicted molar refractivity (Wildman–Crippen MR) is 150 cm³/mol. The fraction of sp³-hybridized carbons (Fsp3) is 0.345. The zero-order valence-electron chi connectivity index (χ0n) is 23.5. The molecule has 0 radical (unpaired) electrons. The Morgan fingerprint density at radius 3 is 2.15 bits per heavy atom. The Balaban J connectivity index is 1.75. The molecule has 0 unspecified atom stereocenters. The van der Waals surface area contributed by atoms with Gasteiger partial charge in [-0.05, 0) is 81.8 Å². The van der Waals surface area contributed by atoms with Gasteiger partial charge in [0.05, 0.1) is 0 Å². The van der Waals surface area contributed by atoms with Crippen LogP contribution < -0.4 is 15.1 Å². The molecule has 10 heteroatoms. The van der Waals surface area contributed by atoms with Crippen LogP contribution in [0.15, 0.2) is 65.1 Å². The topological polar surface area (TPSA) is 109 Å². The van der Waals surface area contributed by atoms with Crippen LogP contribution in [0.1, 0.15) is 43.7 Å². The Labute approximate surface area is 228 Å². The maximum Gasteiger partial charge on any atom is 0.251 e. The highest BCUT2D eigenvalue weighted by molar-refractivity contribution is 6.01. The first-order valence-electron chi connectivity index (χ1n) is 12.7. The molecule has 0 spiro atoms. The maximum absolute atomic E-state index is 14.0. The van der Waals surface area contributed by atoms with Crippen molar-refractivity contribution in [3.8, 4) is 11.6 Å². The predicted octanol–water partition coefficient (Wildman–Crippen LogP) is 4.31. The number of carbonyl (C=O) groups excluding carboxylic acids is 2. The second-order valence-electron chi connectivity index (χ2n) is 10.8. The molecule has 1 atom stereocenters. The number of carbonyl (C=O) groups is 2. The lowest BCUT2D eigenvalue weighted by Crippen LogP contribution is -2.50. The van der Waals surface area contributed by atoms with Crippen molar-refractivity contribution in [1.29, 1.82) is 0 Å². The summed E-state index contributed by atoms with van der Waals surface area (Å²) in [6.07, 6.45) is 0. The molecule has 0 saturated carbocycles. The fourth-order valence-corrected chi connectivity index (χ4v) is 4.11. The molecule has 0 fully saturated rings. The van der Waals surface area contributed by atoms with E-state index in [4.69, 9.17) is 4.42 Å². The number of amides is 2. The van der Waals surface area contributed by atoms with Crippen LogP contribution in [0.25, 0.3) is 11.6 Å². The average molecular weight is 530 g/mol. The van der Waals surface area contributed by atoms with E-state index >= 15 is 0 Å². The fourth-order valence-electron chi connectivity index (χ4n) is 4.11. The molecule has 0 bridgehead atoms. The number of hydrogen-bond donors (Lipinski definition) is 1. The monoisotopic (exact) mass is 529 g/mol. The minimum absolute atomic E-state index is 0.227. The summed E-state index contributed by atoms with van der Waals surface area (Å²) in [5.74, 6) is 0.788. The van der Waals surface area contributed by atoms with Crippen molar-refractivity contribution in [2.45, 2.75) is 52.7 Å². The third-order valence-corrected chi connectivity index (χ3v) is 6.00. The summed E-state index contributed by atoms with van der Waals surface area (Å²) < 4.78 is 5.59. The van der Waals surface area contributed by atoms with E-state index in [0.29, 0.717) is 17.0 Å². The normalized spacial score (nSPS) is 12.2. The summed E-state index contributed by atoms with van der Waals surface area (Å²) in [5.41, 5.74) is 2.76. The molecule has 2 heterocycles. The second-order valence-corrected chi connectivity index (χ2v) is 10.8. The molecule has 2 aromatic carbocycles. The summed E-state index contributed by atoms with van der Waals surface area (Å²) >= 11 is 0. The summed E-state index contributed by atoms with van der Waals surface area (Å²) in [7, 11) is 3.90. The smallest absolute Gasteiger partial charge is 0.251 e. The van der Waals surface area contributed by atoms with Crippen LogP contribution in [0.3, 0.4) is 0 Å². The zero-order valence-corrected chi connectivity index (χ0v) is 23.5. The third-order valence-electron chi connectivity index (χ3n) is 6.00. The van der Waals surface area contributed by atoms with E-state index in [9.17, 15) is 9.59 Å². The summed E-state index contributed by atoms with van der Waals surface area (Å²) in [5, 5.41) is 15.5. The Bertz CT molecular complexity index is 1430. The van der Waals surface area contributed by atoms with Crippen molar-refractivity contribution in [1.82, 2.24) is 25.5 Å². The molecule has 0 saturated heterocycles. The second kappa shape index (κ2) is 11.1. The van der Waals surface area contributed by atoms with Gasteiger partial charge in [0, 0.05) is 31.0 Å². The number of tetrazole rings is 1. The van der Waals surface area contributed by atoms with Crippen molar-refractivity contribution in [2.24, 2.45) is 0 Å². The molecule has 0 aliphatic heterocycles. The lowest BCUT2D eigenvalue weighted by atomic mass is 10.00. The lowest BCUT2D eigenvalue weighted by molar-refractivity contribution is -0.128. The van der Waals surface area contributed by atoms with E-state index in [0.717, 1.165) is 17.0 Å². The van der Waals surface area contributed by atoms with Crippen LogP contribution in [0.2, 0.25) is 0 Å². The number of nitrogens with one attached hydrogen (secondary N) is 1. The Hall–Kier alpha value is -4.47. The molecule has 0 aliphatic rings. The number of rotatable bonds is 8. The summed E-state index contributed by atoms with van der Waals surface area (Å²) in [6.45, 7) is 9.29. The number of nitrogens with zero attached hydrogens (tertiary/aromatic N) is 6. The maximum atomic E-state index is 14.0. The number of aryl methyl sites for hydroxylation is 2. The van der Waals surface area contributed by atoms with E-state index in [2.05, 4.69) is 20.7 Å². The van der Waals surface area contributed by atoms with Gasteiger partial charge >= 0.3 is 0 Å². The molecule has 204 valence electrons. The first kappa shape index (κ1) is 27.6. The van der Waals surface area contributed by atoms with Gasteiger partial charge in [0.2, 0.25) is 11.7 Å². The SMILES string of the molecule is Cc1ccc(N(C(=O)Cn2nnc(-c3ccc(C)o3)n2)[C@H](C(=O)NC(C)(C)C)c2ccc(N(C)C)cc2)cc1. The highest BCUT2D eigenvalue weighted by Crippen LogP contribution is 2.30. The average Bonchev–Trinajstić information content (AvgIpc) is 3.51. The highest BCUT2D eigenvalue weighted by atomic mass is 16.3. The van der Waals surface area contributed by atoms with E-state index in [1.165, 1.54) is 9.70 Å². The van der Waals surface area contributed by atoms with Crippen LogP contribution in [0.5, 0.6) is 0 Å². The molecule has 0 aliphatic carbocycles. The van der Waals surface area contributed by atoms with Crippen molar-refractivity contribution in [3.05, 3.63) is 77.6 Å². The van der Waals surface area contributed by atoms with Crippen LogP contribution in [-0.4, -0.2) is 51.7 Å². The Morgan fingerprint density at radius 1 is 0.949 bits per heavy atom. The molecule has 10 nitrogen and oxygen atoms in total. The van der Waals surface area contributed by atoms with Gasteiger partial charge in [0.1, 0.15) is 18.3 Å². The minimum Gasteiger partial charge on any atom is -0.458 e. The summed E-state index contributed by atoms with van der Waals surface area (Å²) in [4.78, 5) is 32.5. The van der Waals surface area contributed by atoms with Crippen LogP contribution >= 0.6 is 0 Å². The van der Waals surface area contributed by atoms with Gasteiger partial charge in [-0.25, -0.2) is 0 Å². The third kappa shape index (κ3) is 6.70. The number of furan rings is 1. The van der Waals surface area contributed by atoms with Crippen molar-refractivity contribution in [3.63, 3.8) is 0 Å². The van der Waals surface area contributed by atoms with Crippen molar-refractivity contribution in [2.75, 3.05) is 23.9 Å². The molecular weight excluding hydrogens is 494 g/mol. The quantitative estimate of drug-likeness (QED) is 0.362. The van der Waals surface area contributed by atoms with Gasteiger partial charge in [0.25, 0.3) is 5.91 Å². The molecular formula is C29H35N7O3. The molecule has 39 heavy (non-hydrogen) atoms. The van der Waals surface area contributed by atoms with Crippen molar-refractivity contribution >= 4 is 23.2 Å². The molecule has 1 N–H and O–H groups in total. The van der Waals surface area contributed by atoms with Crippen LogP contribution in [0, 0.1) is 13.8 Å².